The fourth-order valence-corrected chi connectivity index (χ4v) is 5.47. The largest absolute Gasteiger partial charge is 0.290 e. The number of piperazine rings is 1. The SMILES string of the molecule is O=S(=O)(Cc1ccccc1)N1CCN(C(c2ccc(Cl)cc2)c2cncnc2)CC1. The summed E-state index contributed by atoms with van der Waals surface area (Å²) in [5.41, 5.74) is 2.86. The maximum atomic E-state index is 12.9. The molecule has 2 aromatic carbocycles. The van der Waals surface area contributed by atoms with Gasteiger partial charge in [0.25, 0.3) is 0 Å². The summed E-state index contributed by atoms with van der Waals surface area (Å²) >= 11 is 6.07. The van der Waals surface area contributed by atoms with Gasteiger partial charge in [-0.1, -0.05) is 54.1 Å². The molecule has 1 aliphatic rings. The zero-order valence-electron chi connectivity index (χ0n) is 16.4. The van der Waals surface area contributed by atoms with Crippen molar-refractivity contribution in [3.05, 3.63) is 95.0 Å². The van der Waals surface area contributed by atoms with Crippen molar-refractivity contribution in [2.24, 2.45) is 0 Å². The summed E-state index contributed by atoms with van der Waals surface area (Å²) in [5, 5.41) is 0.679. The van der Waals surface area contributed by atoms with E-state index in [9.17, 15) is 8.42 Å². The number of aromatic nitrogens is 2. The second kappa shape index (κ2) is 9.22. The van der Waals surface area contributed by atoms with Gasteiger partial charge in [0, 0.05) is 49.2 Å². The van der Waals surface area contributed by atoms with Crippen LogP contribution in [0.2, 0.25) is 5.02 Å². The third kappa shape index (κ3) is 4.87. The fourth-order valence-electron chi connectivity index (χ4n) is 3.83. The van der Waals surface area contributed by atoms with Gasteiger partial charge in [-0.3, -0.25) is 4.90 Å². The Hall–Kier alpha value is -2.32. The van der Waals surface area contributed by atoms with E-state index in [4.69, 9.17) is 11.6 Å². The van der Waals surface area contributed by atoms with Gasteiger partial charge >= 0.3 is 0 Å². The van der Waals surface area contributed by atoms with Gasteiger partial charge in [0.15, 0.2) is 0 Å². The Morgan fingerprint density at radius 1 is 0.867 bits per heavy atom. The van der Waals surface area contributed by atoms with Crippen LogP contribution in [-0.2, 0) is 15.8 Å². The Kier molecular flexibility index (Phi) is 6.43. The van der Waals surface area contributed by atoms with Crippen molar-refractivity contribution < 1.29 is 8.42 Å². The molecule has 1 aliphatic heterocycles. The molecule has 1 fully saturated rings. The van der Waals surface area contributed by atoms with Crippen LogP contribution >= 0.6 is 11.6 Å². The predicted octanol–water partition coefficient (Wildman–Crippen LogP) is 3.37. The highest BCUT2D eigenvalue weighted by atomic mass is 35.5. The van der Waals surface area contributed by atoms with E-state index in [0.717, 1.165) is 16.7 Å². The molecule has 2 heterocycles. The van der Waals surface area contributed by atoms with Crippen molar-refractivity contribution >= 4 is 21.6 Å². The monoisotopic (exact) mass is 442 g/mol. The molecule has 0 amide bonds. The highest BCUT2D eigenvalue weighted by Gasteiger charge is 2.31. The number of hydrogen-bond acceptors (Lipinski definition) is 5. The Morgan fingerprint density at radius 2 is 1.50 bits per heavy atom. The number of benzene rings is 2. The zero-order chi connectivity index (χ0) is 21.0. The van der Waals surface area contributed by atoms with Gasteiger partial charge in [-0.25, -0.2) is 18.4 Å². The molecule has 3 aromatic rings. The minimum absolute atomic E-state index is 0.0287. The van der Waals surface area contributed by atoms with Gasteiger partial charge in [-0.15, -0.1) is 0 Å². The molecule has 1 aromatic heterocycles. The van der Waals surface area contributed by atoms with Crippen LogP contribution in [0, 0.1) is 0 Å². The van der Waals surface area contributed by atoms with E-state index in [2.05, 4.69) is 14.9 Å². The lowest BCUT2D eigenvalue weighted by atomic mass is 9.99. The second-order valence-corrected chi connectivity index (χ2v) is 9.71. The normalized spacial score (nSPS) is 17.0. The van der Waals surface area contributed by atoms with E-state index in [1.54, 1.807) is 4.31 Å². The summed E-state index contributed by atoms with van der Waals surface area (Å²) in [4.78, 5) is 10.6. The molecule has 1 saturated heterocycles. The maximum absolute atomic E-state index is 12.9. The lowest BCUT2D eigenvalue weighted by Gasteiger charge is -2.39. The van der Waals surface area contributed by atoms with Crippen molar-refractivity contribution in [2.45, 2.75) is 11.8 Å². The molecule has 156 valence electrons. The van der Waals surface area contributed by atoms with E-state index < -0.39 is 10.0 Å². The van der Waals surface area contributed by atoms with Crippen molar-refractivity contribution in [1.82, 2.24) is 19.2 Å². The molecule has 6 nitrogen and oxygen atoms in total. The highest BCUT2D eigenvalue weighted by Crippen LogP contribution is 2.30. The van der Waals surface area contributed by atoms with Gasteiger partial charge in [0.2, 0.25) is 10.0 Å². The predicted molar refractivity (Wildman–Crippen MR) is 118 cm³/mol. The molecule has 4 rings (SSSR count). The van der Waals surface area contributed by atoms with E-state index in [1.807, 2.05) is 67.0 Å². The molecule has 0 bridgehead atoms. The van der Waals surface area contributed by atoms with Crippen LogP contribution in [0.25, 0.3) is 0 Å². The molecule has 0 radical (unpaired) electrons. The average Bonchev–Trinajstić information content (AvgIpc) is 2.77. The molecule has 1 atom stereocenters. The van der Waals surface area contributed by atoms with Gasteiger partial charge in [0.05, 0.1) is 11.8 Å². The summed E-state index contributed by atoms with van der Waals surface area (Å²) < 4.78 is 27.4. The standard InChI is InChI=1S/C22H23ClN4O2S/c23-21-8-6-19(7-9-21)22(20-14-24-17-25-15-20)26-10-12-27(13-11-26)30(28,29)16-18-4-2-1-3-5-18/h1-9,14-15,17,22H,10-13,16H2. The molecule has 30 heavy (non-hydrogen) atoms. The minimum Gasteiger partial charge on any atom is -0.290 e. The average molecular weight is 443 g/mol. The molecule has 8 heteroatoms. The van der Waals surface area contributed by atoms with Crippen molar-refractivity contribution in [2.75, 3.05) is 26.2 Å². The second-order valence-electron chi connectivity index (χ2n) is 7.30. The first-order valence-corrected chi connectivity index (χ1v) is 11.8. The molecule has 0 aliphatic carbocycles. The van der Waals surface area contributed by atoms with Crippen LogP contribution < -0.4 is 0 Å². The molecular formula is C22H23ClN4O2S. The quantitative estimate of drug-likeness (QED) is 0.585. The Labute approximate surface area is 182 Å². The van der Waals surface area contributed by atoms with Crippen LogP contribution in [0.4, 0.5) is 0 Å². The number of rotatable bonds is 6. The summed E-state index contributed by atoms with van der Waals surface area (Å²) in [6.45, 7) is 2.15. The summed E-state index contributed by atoms with van der Waals surface area (Å²) in [6, 6.07) is 17.0. The van der Waals surface area contributed by atoms with Crippen LogP contribution in [0.3, 0.4) is 0 Å². The number of nitrogens with zero attached hydrogens (tertiary/aromatic N) is 4. The van der Waals surface area contributed by atoms with Gasteiger partial charge < -0.3 is 0 Å². The van der Waals surface area contributed by atoms with Crippen LogP contribution in [-0.4, -0.2) is 53.8 Å². The zero-order valence-corrected chi connectivity index (χ0v) is 18.0. The van der Waals surface area contributed by atoms with E-state index in [1.165, 1.54) is 6.33 Å². The molecule has 1 unspecified atom stereocenters. The van der Waals surface area contributed by atoms with Crippen molar-refractivity contribution in [3.8, 4) is 0 Å². The minimum atomic E-state index is -3.36. The lowest BCUT2D eigenvalue weighted by molar-refractivity contribution is 0.155. The van der Waals surface area contributed by atoms with Gasteiger partial charge in [0.1, 0.15) is 6.33 Å². The summed E-state index contributed by atoms with van der Waals surface area (Å²) in [6.07, 6.45) is 5.13. The molecule has 0 spiro atoms. The van der Waals surface area contributed by atoms with E-state index >= 15 is 0 Å². The molecule has 0 saturated carbocycles. The topological polar surface area (TPSA) is 66.4 Å². The number of sulfonamides is 1. The molecule has 0 N–H and O–H groups in total. The first-order chi connectivity index (χ1) is 14.5. The Bertz CT molecular complexity index is 1060. The van der Waals surface area contributed by atoms with Gasteiger partial charge in [-0.2, -0.15) is 4.31 Å². The fraction of sp³-hybridized carbons (Fsp3) is 0.273. The van der Waals surface area contributed by atoms with Crippen molar-refractivity contribution in [1.29, 1.82) is 0 Å². The highest BCUT2D eigenvalue weighted by molar-refractivity contribution is 7.88. The molecular weight excluding hydrogens is 420 g/mol. The number of halogens is 1. The first-order valence-electron chi connectivity index (χ1n) is 9.79. The third-order valence-electron chi connectivity index (χ3n) is 5.31. The Balaban J connectivity index is 1.51. The summed E-state index contributed by atoms with van der Waals surface area (Å²) in [5.74, 6) is 0.0287. The summed E-state index contributed by atoms with van der Waals surface area (Å²) in [7, 11) is -3.36. The van der Waals surface area contributed by atoms with Crippen LogP contribution in [0.1, 0.15) is 22.7 Å². The number of hydrogen-bond donors (Lipinski definition) is 0. The third-order valence-corrected chi connectivity index (χ3v) is 7.41. The van der Waals surface area contributed by atoms with E-state index in [-0.39, 0.29) is 11.8 Å². The van der Waals surface area contributed by atoms with Crippen LogP contribution in [0.15, 0.2) is 73.3 Å². The maximum Gasteiger partial charge on any atom is 0.218 e. The first kappa shape index (κ1) is 20.9. The Morgan fingerprint density at radius 3 is 2.13 bits per heavy atom. The lowest BCUT2D eigenvalue weighted by Crippen LogP contribution is -2.50. The van der Waals surface area contributed by atoms with Crippen LogP contribution in [0.5, 0.6) is 0 Å². The van der Waals surface area contributed by atoms with Crippen molar-refractivity contribution in [3.63, 3.8) is 0 Å². The van der Waals surface area contributed by atoms with E-state index in [0.29, 0.717) is 31.2 Å². The van der Waals surface area contributed by atoms with Gasteiger partial charge in [-0.05, 0) is 23.3 Å². The smallest absolute Gasteiger partial charge is 0.218 e.